The van der Waals surface area contributed by atoms with E-state index in [2.05, 4.69) is 82.9 Å². The Morgan fingerprint density at radius 2 is 1.55 bits per heavy atom. The summed E-state index contributed by atoms with van der Waals surface area (Å²) in [4.78, 5) is 10.3. The van der Waals surface area contributed by atoms with Crippen molar-refractivity contribution >= 4 is 11.0 Å². The molecule has 4 heterocycles. The average molecular weight is 443 g/mol. The topological polar surface area (TPSA) is 24.3 Å². The van der Waals surface area contributed by atoms with Gasteiger partial charge in [-0.05, 0) is 102 Å². The fourth-order valence-corrected chi connectivity index (χ4v) is 7.31. The molecule has 2 aromatic carbocycles. The molecule has 2 unspecified atom stereocenters. The molecule has 4 heteroatoms. The van der Waals surface area contributed by atoms with Crippen molar-refractivity contribution in [3.05, 3.63) is 66.0 Å². The van der Waals surface area contributed by atoms with Gasteiger partial charge < -0.3 is 9.47 Å². The zero-order chi connectivity index (χ0) is 22.4. The van der Waals surface area contributed by atoms with Gasteiger partial charge in [0.1, 0.15) is 5.82 Å². The lowest BCUT2D eigenvalue weighted by Crippen LogP contribution is -2.47. The maximum Gasteiger partial charge on any atom is 0.106 e. The summed E-state index contributed by atoms with van der Waals surface area (Å²) in [7, 11) is 2.28. The molecular formula is C29H38N4. The van der Waals surface area contributed by atoms with Gasteiger partial charge in [-0.15, -0.1) is 0 Å². The molecule has 0 saturated carbocycles. The van der Waals surface area contributed by atoms with Gasteiger partial charge in [0.05, 0.1) is 11.0 Å². The Hall–Kier alpha value is -2.17. The molecule has 3 atom stereocenters. The number of benzene rings is 2. The number of fused-ring (bicyclic) bond motifs is 3. The lowest BCUT2D eigenvalue weighted by molar-refractivity contribution is 0.0857. The monoisotopic (exact) mass is 442 g/mol. The molecule has 3 saturated heterocycles. The largest absolute Gasteiger partial charge is 0.325 e. The number of imidazole rings is 1. The quantitative estimate of drug-likeness (QED) is 0.516. The van der Waals surface area contributed by atoms with Crippen LogP contribution in [0.1, 0.15) is 62.4 Å². The molecule has 4 nitrogen and oxygen atoms in total. The molecular weight excluding hydrogens is 404 g/mol. The summed E-state index contributed by atoms with van der Waals surface area (Å²) in [5.41, 5.74) is 4.39. The van der Waals surface area contributed by atoms with Gasteiger partial charge >= 0.3 is 0 Å². The van der Waals surface area contributed by atoms with Crippen molar-refractivity contribution in [2.75, 3.05) is 26.7 Å². The van der Waals surface area contributed by atoms with Gasteiger partial charge in [0.25, 0.3) is 0 Å². The summed E-state index contributed by atoms with van der Waals surface area (Å²) < 4.78 is 2.56. The van der Waals surface area contributed by atoms with Gasteiger partial charge in [-0.3, -0.25) is 4.90 Å². The molecule has 6 rings (SSSR count). The normalized spacial score (nSPS) is 27.9. The van der Waals surface area contributed by atoms with Gasteiger partial charge in [-0.1, -0.05) is 42.5 Å². The first-order valence-corrected chi connectivity index (χ1v) is 13.1. The van der Waals surface area contributed by atoms with Crippen LogP contribution in [0, 0.1) is 6.92 Å². The number of nitrogens with zero attached hydrogens (tertiary/aromatic N) is 4. The van der Waals surface area contributed by atoms with Gasteiger partial charge in [0, 0.05) is 18.1 Å². The summed E-state index contributed by atoms with van der Waals surface area (Å²) in [6.07, 6.45) is 9.17. The van der Waals surface area contributed by atoms with E-state index < -0.39 is 0 Å². The minimum Gasteiger partial charge on any atom is -0.325 e. The van der Waals surface area contributed by atoms with E-state index in [0.717, 1.165) is 17.6 Å². The van der Waals surface area contributed by atoms with Crippen molar-refractivity contribution in [3.8, 4) is 0 Å². The van der Waals surface area contributed by atoms with Crippen LogP contribution in [0.2, 0.25) is 0 Å². The fraction of sp³-hybridized carbons (Fsp3) is 0.552. The van der Waals surface area contributed by atoms with Crippen molar-refractivity contribution in [2.45, 2.75) is 75.4 Å². The van der Waals surface area contributed by atoms with E-state index in [9.17, 15) is 0 Å². The minimum atomic E-state index is 0.348. The second kappa shape index (κ2) is 8.56. The van der Waals surface area contributed by atoms with E-state index in [-0.39, 0.29) is 0 Å². The summed E-state index contributed by atoms with van der Waals surface area (Å²) in [6.45, 7) is 5.88. The van der Waals surface area contributed by atoms with Crippen LogP contribution in [-0.2, 0) is 5.41 Å². The number of rotatable bonds is 5. The molecule has 174 valence electrons. The van der Waals surface area contributed by atoms with Crippen molar-refractivity contribution in [1.29, 1.82) is 0 Å². The van der Waals surface area contributed by atoms with Crippen LogP contribution in [-0.4, -0.2) is 58.1 Å². The van der Waals surface area contributed by atoms with E-state index in [1.54, 1.807) is 5.56 Å². The second-order valence-electron chi connectivity index (χ2n) is 11.0. The molecule has 33 heavy (non-hydrogen) atoms. The third-order valence-electron chi connectivity index (χ3n) is 9.18. The Kier molecular flexibility index (Phi) is 5.54. The second-order valence-corrected chi connectivity index (χ2v) is 11.0. The highest BCUT2D eigenvalue weighted by molar-refractivity contribution is 5.76. The maximum atomic E-state index is 4.87. The third kappa shape index (κ3) is 3.81. The first-order valence-electron chi connectivity index (χ1n) is 13.1. The molecule has 1 aromatic heterocycles. The zero-order valence-corrected chi connectivity index (χ0v) is 20.3. The summed E-state index contributed by atoms with van der Waals surface area (Å²) in [6, 6.07) is 22.2. The molecule has 0 N–H and O–H groups in total. The Balaban J connectivity index is 1.20. The van der Waals surface area contributed by atoms with Crippen LogP contribution in [0.3, 0.4) is 0 Å². The number of para-hydroxylation sites is 2. The van der Waals surface area contributed by atoms with Crippen molar-refractivity contribution in [1.82, 2.24) is 19.4 Å². The van der Waals surface area contributed by atoms with Gasteiger partial charge in [0.2, 0.25) is 0 Å². The maximum absolute atomic E-state index is 4.87. The SMILES string of the molecule is Cc1nc2ccccc2n1C1CC2CC[C@H](C1)N2CCC1(c2ccccc2)CCN(C)CC1. The molecule has 0 aliphatic carbocycles. The molecule has 0 amide bonds. The number of aryl methyl sites for hydroxylation is 1. The first-order chi connectivity index (χ1) is 16.1. The Labute approximate surface area is 198 Å². The number of hydrogen-bond acceptors (Lipinski definition) is 3. The van der Waals surface area contributed by atoms with Crippen LogP contribution in [0.5, 0.6) is 0 Å². The smallest absolute Gasteiger partial charge is 0.106 e. The van der Waals surface area contributed by atoms with Crippen molar-refractivity contribution in [3.63, 3.8) is 0 Å². The Morgan fingerprint density at radius 3 is 2.27 bits per heavy atom. The number of hydrogen-bond donors (Lipinski definition) is 0. The molecule has 3 aliphatic heterocycles. The summed E-state index contributed by atoms with van der Waals surface area (Å²) in [5.74, 6) is 1.18. The minimum absolute atomic E-state index is 0.348. The first kappa shape index (κ1) is 21.4. The number of likely N-dealkylation sites (tertiary alicyclic amines) is 1. The summed E-state index contributed by atoms with van der Waals surface area (Å²) in [5, 5.41) is 0. The predicted octanol–water partition coefficient (Wildman–Crippen LogP) is 5.57. The molecule has 0 spiro atoms. The van der Waals surface area contributed by atoms with Crippen molar-refractivity contribution < 1.29 is 0 Å². The molecule has 3 fully saturated rings. The van der Waals surface area contributed by atoms with E-state index in [4.69, 9.17) is 4.98 Å². The third-order valence-corrected chi connectivity index (χ3v) is 9.18. The molecule has 3 aromatic rings. The molecule has 3 aliphatic rings. The van der Waals surface area contributed by atoms with Crippen molar-refractivity contribution in [2.24, 2.45) is 0 Å². The van der Waals surface area contributed by atoms with E-state index in [0.29, 0.717) is 11.5 Å². The van der Waals surface area contributed by atoms with Gasteiger partial charge in [-0.25, -0.2) is 4.98 Å². The van der Waals surface area contributed by atoms with Crippen LogP contribution in [0.25, 0.3) is 11.0 Å². The number of aromatic nitrogens is 2. The van der Waals surface area contributed by atoms with Gasteiger partial charge in [-0.2, -0.15) is 0 Å². The van der Waals surface area contributed by atoms with E-state index >= 15 is 0 Å². The van der Waals surface area contributed by atoms with Crippen LogP contribution < -0.4 is 0 Å². The molecule has 2 bridgehead atoms. The fourth-order valence-electron chi connectivity index (χ4n) is 7.31. The number of piperidine rings is 2. The lowest BCUT2D eigenvalue weighted by Gasteiger charge is -2.45. The highest BCUT2D eigenvalue weighted by Crippen LogP contribution is 2.44. The Morgan fingerprint density at radius 1 is 0.879 bits per heavy atom. The highest BCUT2D eigenvalue weighted by atomic mass is 15.2. The van der Waals surface area contributed by atoms with Crippen LogP contribution >= 0.6 is 0 Å². The van der Waals surface area contributed by atoms with E-state index in [1.807, 2.05) is 0 Å². The van der Waals surface area contributed by atoms with Crippen LogP contribution in [0.4, 0.5) is 0 Å². The molecule has 0 radical (unpaired) electrons. The average Bonchev–Trinajstić information content (AvgIpc) is 3.30. The standard InChI is InChI=1S/C29H38N4/c1-22-30-27-10-6-7-11-28(27)33(22)26-20-24-12-13-25(21-26)32(24)19-16-29(14-17-31(2)18-15-29)23-8-4-3-5-9-23/h3-11,24-26H,12-21H2,1-2H3/t24-,25?,26?/m1/s1. The zero-order valence-electron chi connectivity index (χ0n) is 20.3. The van der Waals surface area contributed by atoms with E-state index in [1.165, 1.54) is 75.9 Å². The Bertz CT molecular complexity index is 1080. The summed E-state index contributed by atoms with van der Waals surface area (Å²) >= 11 is 0. The van der Waals surface area contributed by atoms with Gasteiger partial charge in [0.15, 0.2) is 0 Å². The highest BCUT2D eigenvalue weighted by Gasteiger charge is 2.43. The lowest BCUT2D eigenvalue weighted by atomic mass is 9.70. The van der Waals surface area contributed by atoms with Crippen LogP contribution in [0.15, 0.2) is 54.6 Å². The predicted molar refractivity (Wildman–Crippen MR) is 136 cm³/mol.